The summed E-state index contributed by atoms with van der Waals surface area (Å²) in [5, 5.41) is 13.4. The molecule has 0 aromatic carbocycles. The van der Waals surface area contributed by atoms with Crippen molar-refractivity contribution in [3.63, 3.8) is 0 Å². The van der Waals surface area contributed by atoms with E-state index < -0.39 is 5.60 Å². The van der Waals surface area contributed by atoms with E-state index in [-0.39, 0.29) is 12.5 Å². The van der Waals surface area contributed by atoms with Crippen molar-refractivity contribution in [2.45, 2.75) is 38.5 Å². The number of furan rings is 1. The first-order valence-corrected chi connectivity index (χ1v) is 9.08. The number of hydrogen-bond acceptors (Lipinski definition) is 5. The Morgan fingerprint density at radius 1 is 1.42 bits per heavy atom. The van der Waals surface area contributed by atoms with Gasteiger partial charge >= 0.3 is 0 Å². The normalized spacial score (nSPS) is 13.5. The van der Waals surface area contributed by atoms with Crippen molar-refractivity contribution in [1.29, 1.82) is 0 Å². The van der Waals surface area contributed by atoms with Crippen LogP contribution in [-0.2, 0) is 16.1 Å². The molecule has 1 atom stereocenters. The number of aliphatic hydroxyl groups is 1. The van der Waals surface area contributed by atoms with Crippen molar-refractivity contribution < 1.29 is 14.3 Å². The van der Waals surface area contributed by atoms with Crippen molar-refractivity contribution in [2.75, 3.05) is 12.3 Å². The summed E-state index contributed by atoms with van der Waals surface area (Å²) in [4.78, 5) is 16.2. The van der Waals surface area contributed by atoms with Crippen LogP contribution in [0.3, 0.4) is 0 Å². The van der Waals surface area contributed by atoms with Crippen LogP contribution in [0.25, 0.3) is 0 Å². The van der Waals surface area contributed by atoms with Crippen LogP contribution >= 0.6 is 11.8 Å². The van der Waals surface area contributed by atoms with E-state index in [0.29, 0.717) is 23.5 Å². The molecule has 0 aliphatic heterocycles. The van der Waals surface area contributed by atoms with Gasteiger partial charge < -0.3 is 14.8 Å². The smallest absolute Gasteiger partial charge is 0.220 e. The molecular weight excluding hydrogens is 324 g/mol. The van der Waals surface area contributed by atoms with E-state index in [1.54, 1.807) is 24.9 Å². The predicted octanol–water partition coefficient (Wildman–Crippen LogP) is 2.94. The fourth-order valence-corrected chi connectivity index (χ4v) is 3.30. The lowest BCUT2D eigenvalue weighted by Crippen LogP contribution is -2.38. The first-order valence-electron chi connectivity index (χ1n) is 7.93. The summed E-state index contributed by atoms with van der Waals surface area (Å²) < 4.78 is 5.45. The average molecular weight is 348 g/mol. The maximum absolute atomic E-state index is 11.9. The molecule has 2 N–H and O–H groups in total. The van der Waals surface area contributed by atoms with Crippen molar-refractivity contribution in [3.05, 3.63) is 53.2 Å². The maximum atomic E-state index is 11.9. The fourth-order valence-electron chi connectivity index (χ4n) is 2.44. The van der Waals surface area contributed by atoms with Crippen LogP contribution in [-0.4, -0.2) is 28.3 Å². The average Bonchev–Trinajstić information content (AvgIpc) is 2.90. The molecule has 0 spiro atoms. The highest BCUT2D eigenvalue weighted by Gasteiger charge is 2.28. The summed E-state index contributed by atoms with van der Waals surface area (Å²) in [6.07, 6.45) is 2.18. The minimum Gasteiger partial charge on any atom is -0.466 e. The number of nitrogens with one attached hydrogen (secondary N) is 1. The van der Waals surface area contributed by atoms with Gasteiger partial charge in [0.05, 0.1) is 12.2 Å². The lowest BCUT2D eigenvalue weighted by Gasteiger charge is -2.23. The minimum atomic E-state index is -1.14. The van der Waals surface area contributed by atoms with Gasteiger partial charge in [0.1, 0.15) is 17.1 Å². The number of carbonyl (C=O) groups is 1. The number of nitrogens with zero attached hydrogens (tertiary/aromatic N) is 1. The van der Waals surface area contributed by atoms with Gasteiger partial charge in [0, 0.05) is 29.7 Å². The molecule has 5 nitrogen and oxygen atoms in total. The van der Waals surface area contributed by atoms with Gasteiger partial charge in [0.2, 0.25) is 5.91 Å². The third-order valence-electron chi connectivity index (χ3n) is 3.70. The van der Waals surface area contributed by atoms with Gasteiger partial charge in [-0.3, -0.25) is 9.78 Å². The molecule has 24 heavy (non-hydrogen) atoms. The number of thioether (sulfide) groups is 1. The monoisotopic (exact) mass is 348 g/mol. The van der Waals surface area contributed by atoms with Gasteiger partial charge in [0.15, 0.2) is 0 Å². The van der Waals surface area contributed by atoms with Crippen molar-refractivity contribution in [2.24, 2.45) is 0 Å². The topological polar surface area (TPSA) is 75.4 Å². The molecule has 0 bridgehead atoms. The van der Waals surface area contributed by atoms with Gasteiger partial charge in [-0.25, -0.2) is 0 Å². The summed E-state index contributed by atoms with van der Waals surface area (Å²) in [7, 11) is 0. The number of aryl methyl sites for hydroxylation is 2. The van der Waals surface area contributed by atoms with E-state index in [1.807, 2.05) is 38.1 Å². The van der Waals surface area contributed by atoms with Crippen LogP contribution in [0.4, 0.5) is 0 Å². The zero-order valence-electron chi connectivity index (χ0n) is 14.3. The first-order chi connectivity index (χ1) is 11.4. The minimum absolute atomic E-state index is 0.0679. The van der Waals surface area contributed by atoms with E-state index >= 15 is 0 Å². The molecule has 2 rings (SSSR count). The van der Waals surface area contributed by atoms with Crippen LogP contribution in [0, 0.1) is 13.8 Å². The highest BCUT2D eigenvalue weighted by atomic mass is 32.2. The second-order valence-electron chi connectivity index (χ2n) is 6.00. The highest BCUT2D eigenvalue weighted by molar-refractivity contribution is 7.98. The van der Waals surface area contributed by atoms with E-state index in [1.165, 1.54) is 0 Å². The fraction of sp³-hybridized carbons (Fsp3) is 0.444. The van der Waals surface area contributed by atoms with E-state index in [4.69, 9.17) is 4.42 Å². The zero-order chi connectivity index (χ0) is 17.6. The predicted molar refractivity (Wildman–Crippen MR) is 95.8 cm³/mol. The van der Waals surface area contributed by atoms with Gasteiger partial charge in [-0.2, -0.15) is 11.8 Å². The summed E-state index contributed by atoms with van der Waals surface area (Å²) in [5.74, 6) is 2.87. The van der Waals surface area contributed by atoms with Crippen LogP contribution in [0.5, 0.6) is 0 Å². The number of hydrogen-bond donors (Lipinski definition) is 2. The molecule has 6 heteroatoms. The Kier molecular flexibility index (Phi) is 6.45. The first kappa shape index (κ1) is 18.5. The Hall–Kier alpha value is -1.79. The van der Waals surface area contributed by atoms with Crippen LogP contribution < -0.4 is 5.32 Å². The Morgan fingerprint density at radius 2 is 2.21 bits per heavy atom. The summed E-state index contributed by atoms with van der Waals surface area (Å²) in [5.41, 5.74) is 0.583. The Morgan fingerprint density at radius 3 is 2.83 bits per heavy atom. The second kappa shape index (κ2) is 8.35. The quantitative estimate of drug-likeness (QED) is 0.718. The number of carbonyl (C=O) groups excluding carboxylic acids is 1. The summed E-state index contributed by atoms with van der Waals surface area (Å²) >= 11 is 1.67. The number of aromatic nitrogens is 1. The lowest BCUT2D eigenvalue weighted by molar-refractivity contribution is -0.121. The number of pyridine rings is 1. The molecule has 2 aromatic rings. The molecule has 0 aliphatic rings. The Bertz CT molecular complexity index is 668. The third kappa shape index (κ3) is 5.39. The third-order valence-corrected chi connectivity index (χ3v) is 4.69. The number of amides is 1. The van der Waals surface area contributed by atoms with Crippen molar-refractivity contribution in [3.8, 4) is 0 Å². The second-order valence-corrected chi connectivity index (χ2v) is 7.11. The molecular formula is C18H24N2O3S. The zero-order valence-corrected chi connectivity index (χ0v) is 15.2. The van der Waals surface area contributed by atoms with E-state index in [9.17, 15) is 9.90 Å². The Labute approximate surface area is 146 Å². The largest absolute Gasteiger partial charge is 0.466 e. The van der Waals surface area contributed by atoms with Crippen LogP contribution in [0.2, 0.25) is 0 Å². The van der Waals surface area contributed by atoms with Gasteiger partial charge in [-0.1, -0.05) is 6.07 Å². The molecule has 0 saturated carbocycles. The summed E-state index contributed by atoms with van der Waals surface area (Å²) in [6, 6.07) is 7.62. The van der Waals surface area contributed by atoms with E-state index in [0.717, 1.165) is 17.2 Å². The maximum Gasteiger partial charge on any atom is 0.220 e. The van der Waals surface area contributed by atoms with Crippen LogP contribution in [0.15, 0.2) is 34.9 Å². The molecule has 1 unspecified atom stereocenters. The number of rotatable bonds is 8. The lowest BCUT2D eigenvalue weighted by atomic mass is 9.96. The molecule has 2 heterocycles. The van der Waals surface area contributed by atoms with Crippen molar-refractivity contribution >= 4 is 17.7 Å². The van der Waals surface area contributed by atoms with Gasteiger partial charge in [-0.15, -0.1) is 0 Å². The molecule has 0 radical (unpaired) electrons. The molecule has 2 aromatic heterocycles. The summed E-state index contributed by atoms with van der Waals surface area (Å²) in [6.45, 7) is 5.49. The van der Waals surface area contributed by atoms with Gasteiger partial charge in [0.25, 0.3) is 0 Å². The van der Waals surface area contributed by atoms with Crippen molar-refractivity contribution in [1.82, 2.24) is 10.3 Å². The standard InChI is InChI=1S/C18H24N2O3S/c1-13-10-16(14(2)23-13)18(3,22)12-20-17(21)7-9-24-11-15-6-4-5-8-19-15/h4-6,8,10,22H,7,9,11-12H2,1-3H3,(H,20,21). The SMILES string of the molecule is Cc1cc(C(C)(O)CNC(=O)CCSCc2ccccn2)c(C)o1. The molecule has 0 saturated heterocycles. The highest BCUT2D eigenvalue weighted by Crippen LogP contribution is 2.26. The molecule has 1 amide bonds. The Balaban J connectivity index is 1.71. The van der Waals surface area contributed by atoms with Crippen LogP contribution in [0.1, 0.15) is 36.1 Å². The molecule has 130 valence electrons. The molecule has 0 fully saturated rings. The van der Waals surface area contributed by atoms with Gasteiger partial charge in [-0.05, 0) is 39.0 Å². The van der Waals surface area contributed by atoms with E-state index in [2.05, 4.69) is 10.3 Å². The molecule has 0 aliphatic carbocycles.